The summed E-state index contributed by atoms with van der Waals surface area (Å²) in [5, 5.41) is 4.75. The summed E-state index contributed by atoms with van der Waals surface area (Å²) in [6.07, 6.45) is 0.988. The van der Waals surface area contributed by atoms with Gasteiger partial charge in [-0.2, -0.15) is 0 Å². The summed E-state index contributed by atoms with van der Waals surface area (Å²) in [6.45, 7) is 5.67. The second kappa shape index (κ2) is 8.37. The van der Waals surface area contributed by atoms with Crippen molar-refractivity contribution >= 4 is 44.3 Å². The number of hydrogen-bond acceptors (Lipinski definition) is 4. The molecule has 5 nitrogen and oxygen atoms in total. The van der Waals surface area contributed by atoms with E-state index in [0.717, 1.165) is 35.7 Å². The highest BCUT2D eigenvalue weighted by atomic mass is 35.5. The summed E-state index contributed by atoms with van der Waals surface area (Å²) in [7, 11) is 0. The first-order valence-corrected chi connectivity index (χ1v) is 10.7. The molecule has 1 fully saturated rings. The van der Waals surface area contributed by atoms with Crippen molar-refractivity contribution in [2.24, 2.45) is 0 Å². The number of aryl methyl sites for hydroxylation is 1. The van der Waals surface area contributed by atoms with E-state index in [4.69, 9.17) is 16.6 Å². The van der Waals surface area contributed by atoms with Crippen molar-refractivity contribution < 1.29 is 4.79 Å². The van der Waals surface area contributed by atoms with Crippen LogP contribution in [0.2, 0.25) is 5.02 Å². The number of anilines is 1. The number of nitrogens with zero attached hydrogens (tertiary/aromatic N) is 3. The molecule has 0 radical (unpaired) electrons. The van der Waals surface area contributed by atoms with Crippen LogP contribution >= 0.6 is 22.9 Å². The number of rotatable bonds is 4. The van der Waals surface area contributed by atoms with Gasteiger partial charge in [0.25, 0.3) is 0 Å². The minimum atomic E-state index is -0.0211. The van der Waals surface area contributed by atoms with E-state index in [-0.39, 0.29) is 6.03 Å². The molecule has 1 saturated heterocycles. The van der Waals surface area contributed by atoms with Crippen molar-refractivity contribution in [2.75, 3.05) is 31.1 Å². The molecule has 2 heterocycles. The quantitative estimate of drug-likeness (QED) is 0.681. The highest BCUT2D eigenvalue weighted by Crippen LogP contribution is 2.31. The minimum absolute atomic E-state index is 0.0211. The fourth-order valence-corrected chi connectivity index (χ4v) is 4.60. The third-order valence-corrected chi connectivity index (χ3v) is 6.40. The molecule has 4 rings (SSSR count). The number of halogens is 1. The van der Waals surface area contributed by atoms with Gasteiger partial charge >= 0.3 is 6.03 Å². The number of carbonyl (C=O) groups excluding carboxylic acids is 1. The lowest BCUT2D eigenvalue weighted by Crippen LogP contribution is -2.51. The van der Waals surface area contributed by atoms with Gasteiger partial charge in [0.1, 0.15) is 0 Å². The predicted octanol–water partition coefficient (Wildman–Crippen LogP) is 4.54. The van der Waals surface area contributed by atoms with E-state index in [2.05, 4.69) is 35.3 Å². The van der Waals surface area contributed by atoms with Gasteiger partial charge in [0.05, 0.1) is 10.2 Å². The Bertz CT molecular complexity index is 964. The van der Waals surface area contributed by atoms with Gasteiger partial charge in [-0.25, -0.2) is 9.78 Å². The molecule has 2 amide bonds. The number of hydrogen-bond donors (Lipinski definition) is 1. The van der Waals surface area contributed by atoms with Crippen LogP contribution in [0.4, 0.5) is 9.93 Å². The number of carbonyl (C=O) groups is 1. The number of thiazole rings is 1. The second-order valence-electron chi connectivity index (χ2n) is 6.87. The second-order valence-corrected chi connectivity index (χ2v) is 8.32. The molecule has 0 spiro atoms. The van der Waals surface area contributed by atoms with E-state index in [1.807, 2.05) is 29.2 Å². The van der Waals surface area contributed by atoms with Crippen LogP contribution in [0.5, 0.6) is 0 Å². The lowest BCUT2D eigenvalue weighted by atomic mass is 10.1. The Morgan fingerprint density at radius 3 is 2.61 bits per heavy atom. The van der Waals surface area contributed by atoms with Crippen molar-refractivity contribution in [1.82, 2.24) is 15.2 Å². The maximum Gasteiger partial charge on any atom is 0.317 e. The van der Waals surface area contributed by atoms with Crippen LogP contribution in [0.25, 0.3) is 10.2 Å². The lowest BCUT2D eigenvalue weighted by molar-refractivity contribution is 0.194. The van der Waals surface area contributed by atoms with Gasteiger partial charge in [-0.1, -0.05) is 54.1 Å². The zero-order chi connectivity index (χ0) is 19.5. The Kier molecular flexibility index (Phi) is 5.69. The van der Waals surface area contributed by atoms with E-state index >= 15 is 0 Å². The molecule has 0 saturated carbocycles. The maximum atomic E-state index is 12.5. The fraction of sp³-hybridized carbons (Fsp3) is 0.333. The predicted molar refractivity (Wildman–Crippen MR) is 116 cm³/mol. The van der Waals surface area contributed by atoms with E-state index in [1.54, 1.807) is 11.3 Å². The molecule has 1 N–H and O–H groups in total. The van der Waals surface area contributed by atoms with E-state index in [9.17, 15) is 4.79 Å². The van der Waals surface area contributed by atoms with Crippen molar-refractivity contribution in [3.05, 3.63) is 58.6 Å². The number of nitrogens with one attached hydrogen (secondary N) is 1. The van der Waals surface area contributed by atoms with E-state index in [0.29, 0.717) is 24.7 Å². The van der Waals surface area contributed by atoms with E-state index < -0.39 is 0 Å². The molecule has 7 heteroatoms. The Morgan fingerprint density at radius 2 is 1.89 bits per heavy atom. The molecule has 0 unspecified atom stereocenters. The van der Waals surface area contributed by atoms with Gasteiger partial charge in [-0.15, -0.1) is 0 Å². The Morgan fingerprint density at radius 1 is 1.14 bits per heavy atom. The summed E-state index contributed by atoms with van der Waals surface area (Å²) in [5.41, 5.74) is 3.45. The smallest absolute Gasteiger partial charge is 0.317 e. The van der Waals surface area contributed by atoms with Crippen molar-refractivity contribution in [3.63, 3.8) is 0 Å². The molecule has 28 heavy (non-hydrogen) atoms. The monoisotopic (exact) mass is 414 g/mol. The summed E-state index contributed by atoms with van der Waals surface area (Å²) >= 11 is 7.64. The van der Waals surface area contributed by atoms with Gasteiger partial charge in [-0.05, 0) is 35.7 Å². The summed E-state index contributed by atoms with van der Waals surface area (Å²) in [4.78, 5) is 21.5. The molecular weight excluding hydrogens is 392 g/mol. The van der Waals surface area contributed by atoms with Crippen molar-refractivity contribution in [3.8, 4) is 0 Å². The minimum Gasteiger partial charge on any atom is -0.345 e. The lowest BCUT2D eigenvalue weighted by Gasteiger charge is -2.34. The standard InChI is InChI=1S/C21H23ClN4OS/c1-2-16-4-3-5-18-19(16)24-21(28-18)26-12-10-25(11-13-26)20(27)23-14-15-6-8-17(22)9-7-15/h3-9H,2,10-14H2,1H3,(H,23,27). The van der Waals surface area contributed by atoms with Gasteiger partial charge in [0.2, 0.25) is 0 Å². The Balaban J connectivity index is 1.34. The van der Waals surface area contributed by atoms with Crippen LogP contribution in [0.1, 0.15) is 18.1 Å². The first-order valence-electron chi connectivity index (χ1n) is 9.54. The molecule has 1 aliphatic heterocycles. The molecule has 3 aromatic rings. The van der Waals surface area contributed by atoms with Gasteiger partial charge in [0, 0.05) is 37.7 Å². The molecule has 0 aliphatic carbocycles. The number of aromatic nitrogens is 1. The van der Waals surface area contributed by atoms with Crippen LogP contribution in [-0.4, -0.2) is 42.1 Å². The first kappa shape index (κ1) is 19.0. The number of benzene rings is 2. The van der Waals surface area contributed by atoms with Crippen LogP contribution in [0.3, 0.4) is 0 Å². The van der Waals surface area contributed by atoms with Gasteiger partial charge in [-0.3, -0.25) is 0 Å². The highest BCUT2D eigenvalue weighted by molar-refractivity contribution is 7.22. The Labute approximate surface area is 173 Å². The van der Waals surface area contributed by atoms with Crippen LogP contribution in [-0.2, 0) is 13.0 Å². The number of urea groups is 1. The zero-order valence-corrected chi connectivity index (χ0v) is 17.4. The maximum absolute atomic E-state index is 12.5. The average molecular weight is 415 g/mol. The Hall–Kier alpha value is -2.31. The van der Waals surface area contributed by atoms with Crippen LogP contribution < -0.4 is 10.2 Å². The number of fused-ring (bicyclic) bond motifs is 1. The van der Waals surface area contributed by atoms with Crippen LogP contribution in [0, 0.1) is 0 Å². The first-order chi connectivity index (χ1) is 13.6. The molecule has 1 aliphatic rings. The summed E-state index contributed by atoms with van der Waals surface area (Å²) in [5.74, 6) is 0. The fourth-order valence-electron chi connectivity index (χ4n) is 3.41. The number of amides is 2. The molecule has 0 bridgehead atoms. The largest absolute Gasteiger partial charge is 0.345 e. The molecule has 1 aromatic heterocycles. The SMILES string of the molecule is CCc1cccc2sc(N3CCN(C(=O)NCc4ccc(Cl)cc4)CC3)nc12. The van der Waals surface area contributed by atoms with Gasteiger partial charge < -0.3 is 15.1 Å². The van der Waals surface area contributed by atoms with Crippen molar-refractivity contribution in [2.45, 2.75) is 19.9 Å². The third-order valence-electron chi connectivity index (χ3n) is 5.07. The topological polar surface area (TPSA) is 48.5 Å². The third kappa shape index (κ3) is 4.08. The molecule has 2 aromatic carbocycles. The number of para-hydroxylation sites is 1. The number of piperazine rings is 1. The van der Waals surface area contributed by atoms with Gasteiger partial charge in [0.15, 0.2) is 5.13 Å². The molecule has 0 atom stereocenters. The van der Waals surface area contributed by atoms with Crippen molar-refractivity contribution in [1.29, 1.82) is 0 Å². The highest BCUT2D eigenvalue weighted by Gasteiger charge is 2.23. The summed E-state index contributed by atoms with van der Waals surface area (Å²) < 4.78 is 1.23. The average Bonchev–Trinajstić information content (AvgIpc) is 3.17. The van der Waals surface area contributed by atoms with E-state index in [1.165, 1.54) is 10.3 Å². The molecule has 146 valence electrons. The molecular formula is C21H23ClN4OS. The summed E-state index contributed by atoms with van der Waals surface area (Å²) in [6, 6.07) is 13.9. The zero-order valence-electron chi connectivity index (χ0n) is 15.8. The normalized spacial score (nSPS) is 14.5. The van der Waals surface area contributed by atoms with Crippen LogP contribution in [0.15, 0.2) is 42.5 Å².